The van der Waals surface area contributed by atoms with Gasteiger partial charge in [0.25, 0.3) is 5.91 Å². The molecule has 0 radical (unpaired) electrons. The lowest BCUT2D eigenvalue weighted by Gasteiger charge is -2.21. The van der Waals surface area contributed by atoms with Crippen LogP contribution in [0.2, 0.25) is 0 Å². The maximum Gasteiger partial charge on any atom is 0.287 e. The summed E-state index contributed by atoms with van der Waals surface area (Å²) < 4.78 is 5.01. The fraction of sp³-hybridized carbons (Fsp3) is 0.364. The maximum atomic E-state index is 11.8. The molecule has 2 heterocycles. The highest BCUT2D eigenvalue weighted by molar-refractivity contribution is 6.03. The second-order valence-electron chi connectivity index (χ2n) is 3.91. The van der Waals surface area contributed by atoms with Crippen LogP contribution in [0.4, 0.5) is 0 Å². The summed E-state index contributed by atoms with van der Waals surface area (Å²) in [6, 6.07) is 0.990. The van der Waals surface area contributed by atoms with Gasteiger partial charge in [-0.1, -0.05) is 0 Å². The Labute approximate surface area is 97.4 Å². The highest BCUT2D eigenvalue weighted by atomic mass is 16.3. The number of amides is 3. The standard InChI is InChI=1S/C11H12N2O4/c1-6-4-5-17-9(6)11(16)12-7-2-3-8(14)13-10(7)15/h4-5,7H,2-3H2,1H3,(H,12,16)(H,13,14,15). The van der Waals surface area contributed by atoms with Crippen LogP contribution >= 0.6 is 0 Å². The minimum Gasteiger partial charge on any atom is -0.459 e. The fourth-order valence-corrected chi connectivity index (χ4v) is 1.66. The second-order valence-corrected chi connectivity index (χ2v) is 3.91. The van der Waals surface area contributed by atoms with Gasteiger partial charge in [0.05, 0.1) is 6.26 Å². The number of piperidine rings is 1. The van der Waals surface area contributed by atoms with E-state index >= 15 is 0 Å². The lowest BCUT2D eigenvalue weighted by molar-refractivity contribution is -0.134. The third-order valence-electron chi connectivity index (χ3n) is 2.61. The summed E-state index contributed by atoms with van der Waals surface area (Å²) in [7, 11) is 0. The van der Waals surface area contributed by atoms with E-state index in [0.717, 1.165) is 0 Å². The highest BCUT2D eigenvalue weighted by Crippen LogP contribution is 2.10. The molecule has 0 aliphatic carbocycles. The number of imide groups is 1. The Balaban J connectivity index is 2.02. The molecule has 1 saturated heterocycles. The summed E-state index contributed by atoms with van der Waals surface area (Å²) in [5, 5.41) is 4.71. The Morgan fingerprint density at radius 1 is 1.53 bits per heavy atom. The number of hydrogen-bond acceptors (Lipinski definition) is 4. The summed E-state index contributed by atoms with van der Waals surface area (Å²) >= 11 is 0. The first-order valence-corrected chi connectivity index (χ1v) is 5.26. The summed E-state index contributed by atoms with van der Waals surface area (Å²) in [4.78, 5) is 34.1. The van der Waals surface area contributed by atoms with E-state index in [0.29, 0.717) is 12.0 Å². The molecule has 6 heteroatoms. The van der Waals surface area contributed by atoms with Gasteiger partial charge >= 0.3 is 0 Å². The van der Waals surface area contributed by atoms with Crippen molar-refractivity contribution >= 4 is 17.7 Å². The Morgan fingerprint density at radius 3 is 2.88 bits per heavy atom. The van der Waals surface area contributed by atoms with Gasteiger partial charge in [-0.25, -0.2) is 0 Å². The summed E-state index contributed by atoms with van der Waals surface area (Å²) in [6.07, 6.45) is 1.96. The van der Waals surface area contributed by atoms with Crippen LogP contribution in [0.25, 0.3) is 0 Å². The molecule has 1 aliphatic rings. The lowest BCUT2D eigenvalue weighted by Crippen LogP contribution is -2.52. The maximum absolute atomic E-state index is 11.8. The van der Waals surface area contributed by atoms with E-state index in [1.54, 1.807) is 13.0 Å². The number of aryl methyl sites for hydroxylation is 1. The molecule has 17 heavy (non-hydrogen) atoms. The minimum atomic E-state index is -0.676. The van der Waals surface area contributed by atoms with Crippen molar-refractivity contribution in [1.82, 2.24) is 10.6 Å². The van der Waals surface area contributed by atoms with Crippen molar-refractivity contribution in [2.75, 3.05) is 0 Å². The van der Waals surface area contributed by atoms with Crippen LogP contribution in [0.3, 0.4) is 0 Å². The Hall–Kier alpha value is -2.11. The normalized spacial score (nSPS) is 19.9. The number of hydrogen-bond donors (Lipinski definition) is 2. The molecule has 0 saturated carbocycles. The average Bonchev–Trinajstić information content (AvgIpc) is 2.68. The minimum absolute atomic E-state index is 0.190. The Morgan fingerprint density at radius 2 is 2.29 bits per heavy atom. The van der Waals surface area contributed by atoms with Gasteiger partial charge in [-0.3, -0.25) is 19.7 Å². The molecule has 1 aliphatic heterocycles. The van der Waals surface area contributed by atoms with E-state index in [9.17, 15) is 14.4 Å². The summed E-state index contributed by atoms with van der Waals surface area (Å²) in [6.45, 7) is 1.74. The molecule has 90 valence electrons. The van der Waals surface area contributed by atoms with Gasteiger partial charge < -0.3 is 9.73 Å². The topological polar surface area (TPSA) is 88.4 Å². The van der Waals surface area contributed by atoms with Crippen LogP contribution in [0.15, 0.2) is 16.7 Å². The third kappa shape index (κ3) is 2.35. The van der Waals surface area contributed by atoms with E-state index in [1.807, 2.05) is 0 Å². The molecule has 1 fully saturated rings. The first-order valence-electron chi connectivity index (χ1n) is 5.26. The van der Waals surface area contributed by atoms with Crippen molar-refractivity contribution in [3.8, 4) is 0 Å². The molecule has 1 unspecified atom stereocenters. The Kier molecular flexibility index (Phi) is 2.95. The predicted molar refractivity (Wildman–Crippen MR) is 57.1 cm³/mol. The van der Waals surface area contributed by atoms with E-state index < -0.39 is 17.9 Å². The van der Waals surface area contributed by atoms with Gasteiger partial charge in [-0.2, -0.15) is 0 Å². The zero-order valence-electron chi connectivity index (χ0n) is 9.28. The molecule has 6 nitrogen and oxygen atoms in total. The smallest absolute Gasteiger partial charge is 0.287 e. The van der Waals surface area contributed by atoms with Crippen LogP contribution in [0.5, 0.6) is 0 Å². The molecular formula is C11H12N2O4. The average molecular weight is 236 g/mol. The number of carbonyl (C=O) groups excluding carboxylic acids is 3. The van der Waals surface area contributed by atoms with Crippen molar-refractivity contribution in [2.45, 2.75) is 25.8 Å². The number of furan rings is 1. The largest absolute Gasteiger partial charge is 0.459 e. The molecule has 0 spiro atoms. The first kappa shape index (κ1) is 11.4. The van der Waals surface area contributed by atoms with Crippen molar-refractivity contribution in [3.63, 3.8) is 0 Å². The first-order chi connectivity index (χ1) is 8.08. The molecule has 2 rings (SSSR count). The fourth-order valence-electron chi connectivity index (χ4n) is 1.66. The predicted octanol–water partition coefficient (Wildman–Crippen LogP) is 0.123. The number of nitrogens with one attached hydrogen (secondary N) is 2. The van der Waals surface area contributed by atoms with E-state index in [1.165, 1.54) is 6.26 Å². The molecular weight excluding hydrogens is 224 g/mol. The lowest BCUT2D eigenvalue weighted by atomic mass is 10.1. The SMILES string of the molecule is Cc1ccoc1C(=O)NC1CCC(=O)NC1=O. The van der Waals surface area contributed by atoms with Gasteiger partial charge in [0.15, 0.2) is 5.76 Å². The molecule has 2 N–H and O–H groups in total. The second kappa shape index (κ2) is 4.40. The van der Waals surface area contributed by atoms with Gasteiger partial charge in [-0.05, 0) is 19.4 Å². The third-order valence-corrected chi connectivity index (χ3v) is 2.61. The van der Waals surface area contributed by atoms with Crippen LogP contribution in [-0.2, 0) is 9.59 Å². The quantitative estimate of drug-likeness (QED) is 0.714. The summed E-state index contributed by atoms with van der Waals surface area (Å²) in [5.74, 6) is -1.04. The van der Waals surface area contributed by atoms with Crippen LogP contribution < -0.4 is 10.6 Å². The molecule has 1 aromatic heterocycles. The van der Waals surface area contributed by atoms with Crippen molar-refractivity contribution in [1.29, 1.82) is 0 Å². The van der Waals surface area contributed by atoms with Crippen LogP contribution in [0.1, 0.15) is 29.0 Å². The van der Waals surface area contributed by atoms with E-state index in [4.69, 9.17) is 4.42 Å². The highest BCUT2D eigenvalue weighted by Gasteiger charge is 2.29. The van der Waals surface area contributed by atoms with Gasteiger partial charge in [0.2, 0.25) is 11.8 Å². The molecule has 0 aromatic carbocycles. The zero-order valence-corrected chi connectivity index (χ0v) is 9.28. The Bertz CT molecular complexity index is 478. The zero-order chi connectivity index (χ0) is 12.4. The van der Waals surface area contributed by atoms with Crippen molar-refractivity contribution < 1.29 is 18.8 Å². The molecule has 1 aromatic rings. The summed E-state index contributed by atoms with van der Waals surface area (Å²) in [5.41, 5.74) is 0.704. The number of carbonyl (C=O) groups is 3. The molecule has 0 bridgehead atoms. The van der Waals surface area contributed by atoms with Crippen molar-refractivity contribution in [2.24, 2.45) is 0 Å². The molecule has 1 atom stereocenters. The number of rotatable bonds is 2. The van der Waals surface area contributed by atoms with Gasteiger partial charge in [0, 0.05) is 12.0 Å². The van der Waals surface area contributed by atoms with Crippen molar-refractivity contribution in [3.05, 3.63) is 23.7 Å². The van der Waals surface area contributed by atoms with Crippen LogP contribution in [0, 0.1) is 6.92 Å². The van der Waals surface area contributed by atoms with Gasteiger partial charge in [0.1, 0.15) is 6.04 Å². The van der Waals surface area contributed by atoms with Crippen LogP contribution in [-0.4, -0.2) is 23.8 Å². The monoisotopic (exact) mass is 236 g/mol. The van der Waals surface area contributed by atoms with E-state index in [-0.39, 0.29) is 18.1 Å². The van der Waals surface area contributed by atoms with Gasteiger partial charge in [-0.15, -0.1) is 0 Å². The van der Waals surface area contributed by atoms with E-state index in [2.05, 4.69) is 10.6 Å². The molecule has 3 amide bonds.